The van der Waals surface area contributed by atoms with Crippen LogP contribution in [-0.4, -0.2) is 38.2 Å². The van der Waals surface area contributed by atoms with Crippen molar-refractivity contribution in [1.82, 2.24) is 0 Å². The fourth-order valence-electron chi connectivity index (χ4n) is 2.85. The van der Waals surface area contributed by atoms with Gasteiger partial charge in [0.05, 0.1) is 12.8 Å². The van der Waals surface area contributed by atoms with Gasteiger partial charge in [0.1, 0.15) is 17.2 Å². The molecule has 0 saturated carbocycles. The maximum absolute atomic E-state index is 12.2. The summed E-state index contributed by atoms with van der Waals surface area (Å²) in [7, 11) is 1.57. The highest BCUT2D eigenvalue weighted by Crippen LogP contribution is 2.36. The smallest absolute Gasteiger partial charge is 0.267 e. The molecule has 0 aliphatic carbocycles. The third-order valence-electron chi connectivity index (χ3n) is 4.18. The lowest BCUT2D eigenvalue weighted by Gasteiger charge is -2.32. The maximum atomic E-state index is 12.2. The number of amides is 2. The van der Waals surface area contributed by atoms with Crippen LogP contribution in [-0.2, 0) is 9.59 Å². The highest BCUT2D eigenvalue weighted by molar-refractivity contribution is 6.01. The van der Waals surface area contributed by atoms with E-state index < -0.39 is 6.10 Å². The van der Waals surface area contributed by atoms with Crippen LogP contribution >= 0.6 is 0 Å². The molecule has 2 aromatic carbocycles. The summed E-state index contributed by atoms with van der Waals surface area (Å²) in [5, 5.41) is 2.77. The number of nitrogens with zero attached hydrogens (tertiary/aromatic N) is 1. The minimum Gasteiger partial charge on any atom is -0.497 e. The maximum Gasteiger partial charge on any atom is 0.267 e. The molecule has 2 amide bonds. The Morgan fingerprint density at radius 1 is 1.22 bits per heavy atom. The molecule has 1 unspecified atom stereocenters. The van der Waals surface area contributed by atoms with E-state index >= 15 is 0 Å². The van der Waals surface area contributed by atoms with E-state index in [-0.39, 0.29) is 18.4 Å². The first-order valence-electron chi connectivity index (χ1n) is 8.70. The van der Waals surface area contributed by atoms with Gasteiger partial charge in [-0.1, -0.05) is 6.07 Å². The van der Waals surface area contributed by atoms with Crippen molar-refractivity contribution < 1.29 is 23.8 Å². The predicted octanol–water partition coefficient (Wildman–Crippen LogP) is 2.85. The summed E-state index contributed by atoms with van der Waals surface area (Å²) in [6, 6.07) is 12.2. The largest absolute Gasteiger partial charge is 0.497 e. The lowest BCUT2D eigenvalue weighted by molar-refractivity contribution is -0.125. The Morgan fingerprint density at radius 2 is 2.00 bits per heavy atom. The van der Waals surface area contributed by atoms with Crippen molar-refractivity contribution in [2.75, 3.05) is 30.5 Å². The monoisotopic (exact) mass is 370 g/mol. The molecule has 142 valence electrons. The Morgan fingerprint density at radius 3 is 2.74 bits per heavy atom. The number of fused-ring (bicyclic) bond motifs is 1. The number of anilines is 2. The predicted molar refractivity (Wildman–Crippen MR) is 102 cm³/mol. The van der Waals surface area contributed by atoms with Crippen molar-refractivity contribution in [1.29, 1.82) is 0 Å². The molecule has 7 heteroatoms. The van der Waals surface area contributed by atoms with Gasteiger partial charge in [0.15, 0.2) is 12.7 Å². The van der Waals surface area contributed by atoms with Crippen LogP contribution in [0, 0.1) is 0 Å². The molecule has 7 nitrogen and oxygen atoms in total. The highest BCUT2D eigenvalue weighted by Gasteiger charge is 2.30. The van der Waals surface area contributed by atoms with Crippen LogP contribution in [0.15, 0.2) is 42.5 Å². The van der Waals surface area contributed by atoms with E-state index in [4.69, 9.17) is 14.2 Å². The molecule has 0 spiro atoms. The fraction of sp³-hybridized carbons (Fsp3) is 0.300. The Bertz CT molecular complexity index is 852. The van der Waals surface area contributed by atoms with Crippen molar-refractivity contribution in [3.8, 4) is 17.2 Å². The number of rotatable bonds is 6. The number of hydrogen-bond acceptors (Lipinski definition) is 5. The summed E-state index contributed by atoms with van der Waals surface area (Å²) in [5.74, 6) is 1.41. The molecule has 2 aromatic rings. The van der Waals surface area contributed by atoms with Crippen molar-refractivity contribution >= 4 is 23.2 Å². The zero-order valence-electron chi connectivity index (χ0n) is 15.5. The van der Waals surface area contributed by atoms with E-state index in [1.807, 2.05) is 6.92 Å². The van der Waals surface area contributed by atoms with Gasteiger partial charge in [-0.25, -0.2) is 0 Å². The minimum atomic E-state index is -0.519. The Hall–Kier alpha value is -3.22. The normalized spacial score (nSPS) is 15.6. The summed E-state index contributed by atoms with van der Waals surface area (Å²) in [4.78, 5) is 26.1. The molecule has 0 aromatic heterocycles. The molecule has 3 rings (SSSR count). The molecule has 0 radical (unpaired) electrons. The van der Waals surface area contributed by atoms with Crippen molar-refractivity contribution in [3.63, 3.8) is 0 Å². The number of nitrogens with one attached hydrogen (secondary N) is 1. The highest BCUT2D eigenvalue weighted by atomic mass is 16.5. The number of benzene rings is 2. The zero-order valence-corrected chi connectivity index (χ0v) is 15.5. The molecule has 0 saturated heterocycles. The molecular formula is C20H22N2O5. The van der Waals surface area contributed by atoms with Gasteiger partial charge in [0.25, 0.3) is 11.8 Å². The molecule has 1 heterocycles. The van der Waals surface area contributed by atoms with Gasteiger partial charge in [0, 0.05) is 18.3 Å². The van der Waals surface area contributed by atoms with Gasteiger partial charge in [-0.15, -0.1) is 0 Å². The Kier molecular flexibility index (Phi) is 5.49. The van der Waals surface area contributed by atoms with Gasteiger partial charge in [-0.05, 0) is 44.2 Å². The molecule has 1 N–H and O–H groups in total. The summed E-state index contributed by atoms with van der Waals surface area (Å²) in [5.41, 5.74) is 1.21. The topological polar surface area (TPSA) is 77.1 Å². The summed E-state index contributed by atoms with van der Waals surface area (Å²) in [6.07, 6.45) is -0.519. The van der Waals surface area contributed by atoms with Crippen LogP contribution < -0.4 is 24.4 Å². The summed E-state index contributed by atoms with van der Waals surface area (Å²) in [6.45, 7) is 4.00. The minimum absolute atomic E-state index is 0.102. The van der Waals surface area contributed by atoms with Crippen LogP contribution in [0.25, 0.3) is 0 Å². The number of carbonyl (C=O) groups is 2. The lowest BCUT2D eigenvalue weighted by atomic mass is 10.1. The van der Waals surface area contributed by atoms with Crippen molar-refractivity contribution in [2.24, 2.45) is 0 Å². The van der Waals surface area contributed by atoms with E-state index in [1.54, 1.807) is 61.4 Å². The first-order chi connectivity index (χ1) is 13.0. The summed E-state index contributed by atoms with van der Waals surface area (Å²) >= 11 is 0. The quantitative estimate of drug-likeness (QED) is 0.846. The average molecular weight is 370 g/mol. The zero-order chi connectivity index (χ0) is 19.4. The van der Waals surface area contributed by atoms with E-state index in [0.717, 1.165) is 0 Å². The van der Waals surface area contributed by atoms with E-state index in [0.29, 0.717) is 35.2 Å². The Labute approximate surface area is 157 Å². The van der Waals surface area contributed by atoms with Crippen molar-refractivity contribution in [2.45, 2.75) is 20.0 Å². The number of hydrogen-bond donors (Lipinski definition) is 1. The number of likely N-dealkylation sites (N-methyl/N-ethyl adjacent to an activating group) is 1. The third-order valence-corrected chi connectivity index (χ3v) is 4.18. The van der Waals surface area contributed by atoms with Gasteiger partial charge < -0.3 is 24.4 Å². The van der Waals surface area contributed by atoms with E-state index in [1.165, 1.54) is 0 Å². The number of methoxy groups -OCH3 is 1. The van der Waals surface area contributed by atoms with Gasteiger partial charge in [0.2, 0.25) is 0 Å². The van der Waals surface area contributed by atoms with Gasteiger partial charge in [-0.2, -0.15) is 0 Å². The van der Waals surface area contributed by atoms with Crippen LogP contribution in [0.3, 0.4) is 0 Å². The first kappa shape index (κ1) is 18.6. The molecule has 1 aliphatic heterocycles. The SMILES string of the molecule is CCN1C(=O)C(C)Oc2ccc(NC(=O)COc3cccc(OC)c3)cc21. The summed E-state index contributed by atoms with van der Waals surface area (Å²) < 4.78 is 16.2. The lowest BCUT2D eigenvalue weighted by Crippen LogP contribution is -2.44. The van der Waals surface area contributed by atoms with Crippen LogP contribution in [0.2, 0.25) is 0 Å². The third kappa shape index (κ3) is 4.13. The van der Waals surface area contributed by atoms with E-state index in [9.17, 15) is 9.59 Å². The van der Waals surface area contributed by atoms with Gasteiger partial charge in [-0.3, -0.25) is 9.59 Å². The molecule has 1 atom stereocenters. The first-order valence-corrected chi connectivity index (χ1v) is 8.70. The van der Waals surface area contributed by atoms with E-state index in [2.05, 4.69) is 5.32 Å². The molecule has 1 aliphatic rings. The molecular weight excluding hydrogens is 348 g/mol. The average Bonchev–Trinajstić information content (AvgIpc) is 2.68. The molecule has 0 fully saturated rings. The Balaban J connectivity index is 1.66. The second-order valence-electron chi connectivity index (χ2n) is 6.04. The number of carbonyl (C=O) groups excluding carboxylic acids is 2. The standard InChI is InChI=1S/C20H22N2O5/c1-4-22-17-10-14(8-9-18(17)27-13(2)20(22)24)21-19(23)12-26-16-7-5-6-15(11-16)25-3/h5-11,13H,4,12H2,1-3H3,(H,21,23). The van der Waals surface area contributed by atoms with Crippen LogP contribution in [0.1, 0.15) is 13.8 Å². The van der Waals surface area contributed by atoms with Gasteiger partial charge >= 0.3 is 0 Å². The van der Waals surface area contributed by atoms with Crippen molar-refractivity contribution in [3.05, 3.63) is 42.5 Å². The van der Waals surface area contributed by atoms with Crippen LogP contribution in [0.5, 0.6) is 17.2 Å². The number of ether oxygens (including phenoxy) is 3. The fourth-order valence-corrected chi connectivity index (χ4v) is 2.85. The second kappa shape index (κ2) is 7.99. The van der Waals surface area contributed by atoms with Crippen LogP contribution in [0.4, 0.5) is 11.4 Å². The molecule has 27 heavy (non-hydrogen) atoms. The second-order valence-corrected chi connectivity index (χ2v) is 6.04. The molecule has 0 bridgehead atoms.